The fraction of sp³-hybridized carbons (Fsp3) is 0.350. The summed E-state index contributed by atoms with van der Waals surface area (Å²) < 4.78 is 70.1. The van der Waals surface area contributed by atoms with E-state index in [9.17, 15) is 26.4 Å². The van der Waals surface area contributed by atoms with E-state index in [2.05, 4.69) is 9.46 Å². The molecule has 0 bridgehead atoms. The molecule has 1 amide bonds. The highest BCUT2D eigenvalue weighted by Gasteiger charge is 2.31. The first-order valence-electron chi connectivity index (χ1n) is 9.07. The standard InChI is InChI=1S/C20H23F3N2O4S/c1-13(2)18(24-30(27,28)17-7-5-4-6-16(17)21)19(26)25(3)12-14-8-10-15(11-9-14)29-20(22)23/h4-11,13,18,20,24H,12H2,1-3H3. The van der Waals surface area contributed by atoms with Gasteiger partial charge in [-0.3, -0.25) is 4.79 Å². The molecular formula is C20H23F3N2O4S. The Hall–Kier alpha value is -2.59. The van der Waals surface area contributed by atoms with Gasteiger partial charge in [-0.05, 0) is 35.7 Å². The molecule has 2 aromatic rings. The highest BCUT2D eigenvalue weighted by Crippen LogP contribution is 2.18. The third-order valence-electron chi connectivity index (χ3n) is 4.29. The van der Waals surface area contributed by atoms with Gasteiger partial charge in [0.2, 0.25) is 15.9 Å². The minimum atomic E-state index is -4.26. The summed E-state index contributed by atoms with van der Waals surface area (Å²) in [4.78, 5) is 13.6. The SMILES string of the molecule is CC(C)C(NS(=O)(=O)c1ccccc1F)C(=O)N(C)Cc1ccc(OC(F)F)cc1. The molecule has 0 aliphatic carbocycles. The number of nitrogens with zero attached hydrogens (tertiary/aromatic N) is 1. The van der Waals surface area contributed by atoms with Crippen molar-refractivity contribution in [2.45, 2.75) is 37.9 Å². The Morgan fingerprint density at radius 3 is 2.23 bits per heavy atom. The van der Waals surface area contributed by atoms with E-state index in [1.165, 1.54) is 48.3 Å². The molecule has 0 saturated carbocycles. The smallest absolute Gasteiger partial charge is 0.387 e. The maximum absolute atomic E-state index is 13.9. The topological polar surface area (TPSA) is 75.7 Å². The van der Waals surface area contributed by atoms with Gasteiger partial charge in [-0.1, -0.05) is 38.1 Å². The van der Waals surface area contributed by atoms with Crippen LogP contribution in [0, 0.1) is 11.7 Å². The molecule has 0 heterocycles. The fourth-order valence-corrected chi connectivity index (χ4v) is 4.15. The fourth-order valence-electron chi connectivity index (χ4n) is 2.73. The Balaban J connectivity index is 2.13. The monoisotopic (exact) mass is 444 g/mol. The minimum Gasteiger partial charge on any atom is -0.435 e. The molecule has 1 unspecified atom stereocenters. The van der Waals surface area contributed by atoms with Gasteiger partial charge in [-0.25, -0.2) is 12.8 Å². The first-order valence-corrected chi connectivity index (χ1v) is 10.5. The highest BCUT2D eigenvalue weighted by molar-refractivity contribution is 7.89. The van der Waals surface area contributed by atoms with Crippen molar-refractivity contribution in [3.63, 3.8) is 0 Å². The number of benzene rings is 2. The van der Waals surface area contributed by atoms with Crippen LogP contribution < -0.4 is 9.46 Å². The molecule has 0 fully saturated rings. The number of amides is 1. The lowest BCUT2D eigenvalue weighted by Crippen LogP contribution is -2.50. The summed E-state index contributed by atoms with van der Waals surface area (Å²) in [6.45, 7) is 0.501. The van der Waals surface area contributed by atoms with Crippen LogP contribution in [0.1, 0.15) is 19.4 Å². The van der Waals surface area contributed by atoms with Gasteiger partial charge < -0.3 is 9.64 Å². The minimum absolute atomic E-state index is 0.0135. The van der Waals surface area contributed by atoms with Gasteiger partial charge in [0, 0.05) is 13.6 Å². The summed E-state index contributed by atoms with van der Waals surface area (Å²) >= 11 is 0. The highest BCUT2D eigenvalue weighted by atomic mass is 32.2. The van der Waals surface area contributed by atoms with Crippen molar-refractivity contribution in [2.24, 2.45) is 5.92 Å². The van der Waals surface area contributed by atoms with E-state index < -0.39 is 45.2 Å². The van der Waals surface area contributed by atoms with E-state index in [0.29, 0.717) is 5.56 Å². The van der Waals surface area contributed by atoms with Gasteiger partial charge in [0.15, 0.2) is 0 Å². The summed E-state index contributed by atoms with van der Waals surface area (Å²) in [7, 11) is -2.78. The van der Waals surface area contributed by atoms with Gasteiger partial charge in [-0.2, -0.15) is 13.5 Å². The van der Waals surface area contributed by atoms with Crippen LogP contribution in [0.3, 0.4) is 0 Å². The van der Waals surface area contributed by atoms with Gasteiger partial charge in [-0.15, -0.1) is 0 Å². The maximum Gasteiger partial charge on any atom is 0.387 e. The number of rotatable bonds is 9. The lowest BCUT2D eigenvalue weighted by atomic mass is 10.0. The molecule has 2 rings (SSSR count). The zero-order valence-corrected chi connectivity index (χ0v) is 17.5. The van der Waals surface area contributed by atoms with Gasteiger partial charge in [0.25, 0.3) is 0 Å². The molecule has 0 spiro atoms. The lowest BCUT2D eigenvalue weighted by molar-refractivity contribution is -0.133. The van der Waals surface area contributed by atoms with Crippen molar-refractivity contribution in [3.05, 3.63) is 59.9 Å². The number of ether oxygens (including phenoxy) is 1. The van der Waals surface area contributed by atoms with Crippen LogP contribution in [-0.4, -0.2) is 38.9 Å². The number of carbonyl (C=O) groups is 1. The largest absolute Gasteiger partial charge is 0.435 e. The first-order chi connectivity index (χ1) is 14.0. The van der Waals surface area contributed by atoms with Crippen LogP contribution in [0.15, 0.2) is 53.4 Å². The first kappa shape index (κ1) is 23.7. The summed E-state index contributed by atoms with van der Waals surface area (Å²) in [5.74, 6) is -1.86. The number of hydrogen-bond acceptors (Lipinski definition) is 4. The van der Waals surface area contributed by atoms with Crippen molar-refractivity contribution in [1.29, 1.82) is 0 Å². The van der Waals surface area contributed by atoms with E-state index in [0.717, 1.165) is 12.1 Å². The molecule has 0 aliphatic rings. The number of sulfonamides is 1. The molecule has 6 nitrogen and oxygen atoms in total. The quantitative estimate of drug-likeness (QED) is 0.643. The molecular weight excluding hydrogens is 421 g/mol. The predicted octanol–water partition coefficient (Wildman–Crippen LogP) is 3.39. The van der Waals surface area contributed by atoms with Crippen molar-refractivity contribution >= 4 is 15.9 Å². The van der Waals surface area contributed by atoms with Crippen LogP contribution in [-0.2, 0) is 21.4 Å². The van der Waals surface area contributed by atoms with Gasteiger partial charge in [0.1, 0.15) is 22.5 Å². The zero-order chi connectivity index (χ0) is 22.5. The average Bonchev–Trinajstić information content (AvgIpc) is 2.66. The second-order valence-electron chi connectivity index (χ2n) is 6.99. The molecule has 1 N–H and O–H groups in total. The molecule has 0 aliphatic heterocycles. The molecule has 0 radical (unpaired) electrons. The van der Waals surface area contributed by atoms with E-state index in [1.54, 1.807) is 13.8 Å². The Kier molecular flexibility index (Phi) is 7.85. The molecule has 0 aromatic heterocycles. The normalized spacial score (nSPS) is 12.8. The summed E-state index contributed by atoms with van der Waals surface area (Å²) in [6.07, 6.45) is 0. The number of carbonyl (C=O) groups excluding carboxylic acids is 1. The zero-order valence-electron chi connectivity index (χ0n) is 16.7. The Morgan fingerprint density at radius 1 is 1.10 bits per heavy atom. The molecule has 164 valence electrons. The Morgan fingerprint density at radius 2 is 1.70 bits per heavy atom. The Labute approximate surface area is 173 Å². The molecule has 1 atom stereocenters. The molecule has 2 aromatic carbocycles. The number of nitrogens with one attached hydrogen (secondary N) is 1. The van der Waals surface area contributed by atoms with E-state index in [-0.39, 0.29) is 12.3 Å². The number of halogens is 3. The molecule has 30 heavy (non-hydrogen) atoms. The predicted molar refractivity (Wildman–Crippen MR) is 105 cm³/mol. The van der Waals surface area contributed by atoms with Crippen LogP contribution in [0.4, 0.5) is 13.2 Å². The van der Waals surface area contributed by atoms with Crippen molar-refractivity contribution in [2.75, 3.05) is 7.05 Å². The summed E-state index contributed by atoms with van der Waals surface area (Å²) in [5.41, 5.74) is 0.631. The van der Waals surface area contributed by atoms with E-state index in [4.69, 9.17) is 0 Å². The Bertz CT molecular complexity index is 966. The van der Waals surface area contributed by atoms with Crippen molar-refractivity contribution in [3.8, 4) is 5.75 Å². The summed E-state index contributed by atoms with van der Waals surface area (Å²) in [5, 5.41) is 0. The van der Waals surface area contributed by atoms with Crippen LogP contribution in [0.2, 0.25) is 0 Å². The second kappa shape index (κ2) is 9.94. The third kappa shape index (κ3) is 6.20. The van der Waals surface area contributed by atoms with Crippen molar-refractivity contribution in [1.82, 2.24) is 9.62 Å². The van der Waals surface area contributed by atoms with Gasteiger partial charge in [0.05, 0.1) is 0 Å². The lowest BCUT2D eigenvalue weighted by Gasteiger charge is -2.27. The number of likely N-dealkylation sites (N-methyl/N-ethyl adjacent to an activating group) is 1. The van der Waals surface area contributed by atoms with Crippen LogP contribution in [0.5, 0.6) is 5.75 Å². The summed E-state index contributed by atoms with van der Waals surface area (Å²) in [6, 6.07) is 9.51. The number of hydrogen-bond donors (Lipinski definition) is 1. The van der Waals surface area contributed by atoms with E-state index in [1.807, 2.05) is 0 Å². The maximum atomic E-state index is 13.9. The average molecular weight is 444 g/mol. The van der Waals surface area contributed by atoms with E-state index >= 15 is 0 Å². The molecule has 0 saturated heterocycles. The van der Waals surface area contributed by atoms with Gasteiger partial charge >= 0.3 is 6.61 Å². The third-order valence-corrected chi connectivity index (χ3v) is 5.76. The van der Waals surface area contributed by atoms with Crippen LogP contribution in [0.25, 0.3) is 0 Å². The second-order valence-corrected chi connectivity index (χ2v) is 8.67. The van der Waals surface area contributed by atoms with Crippen molar-refractivity contribution < 1.29 is 31.1 Å². The number of alkyl halides is 2. The molecule has 10 heteroatoms. The van der Waals surface area contributed by atoms with Crippen LogP contribution >= 0.6 is 0 Å².